The lowest BCUT2D eigenvalue weighted by molar-refractivity contribution is -0.136. The number of fused-ring (bicyclic) bond motifs is 2. The molecule has 2 saturated heterocycles. The van der Waals surface area contributed by atoms with Crippen LogP contribution in [0.15, 0.2) is 48.8 Å². The number of pyridine rings is 1. The van der Waals surface area contributed by atoms with E-state index in [-0.39, 0.29) is 30.7 Å². The topological polar surface area (TPSA) is 82.6 Å². The van der Waals surface area contributed by atoms with Gasteiger partial charge < -0.3 is 4.90 Å². The maximum atomic E-state index is 14.6. The molecule has 0 radical (unpaired) electrons. The highest BCUT2D eigenvalue weighted by atomic mass is 19.1. The third-order valence-corrected chi connectivity index (χ3v) is 7.83. The second kappa shape index (κ2) is 9.09. The van der Waals surface area contributed by atoms with Gasteiger partial charge in [-0.25, -0.2) is 4.39 Å². The first-order valence-electron chi connectivity index (χ1n) is 12.5. The molecular weight excluding hydrogens is 459 g/mol. The first kappa shape index (κ1) is 22.8. The molecule has 1 unspecified atom stereocenters. The van der Waals surface area contributed by atoms with Crippen LogP contribution in [-0.2, 0) is 22.7 Å². The molecule has 8 heteroatoms. The average Bonchev–Trinajstić information content (AvgIpc) is 3.20. The SMILES string of the molecule is O=C1CCC(N2Cc3c(cc(F)cc3C3CCN(Cc4cncc5ccccc45)CC3)C2=O)C(=O)N1. The van der Waals surface area contributed by atoms with Gasteiger partial charge in [0.15, 0.2) is 0 Å². The molecule has 36 heavy (non-hydrogen) atoms. The molecule has 3 aliphatic heterocycles. The first-order valence-corrected chi connectivity index (χ1v) is 12.5. The highest BCUT2D eigenvalue weighted by Crippen LogP contribution is 2.38. The van der Waals surface area contributed by atoms with Gasteiger partial charge in [-0.3, -0.25) is 29.6 Å². The van der Waals surface area contributed by atoms with Crippen molar-refractivity contribution in [3.63, 3.8) is 0 Å². The van der Waals surface area contributed by atoms with E-state index in [2.05, 4.69) is 27.3 Å². The van der Waals surface area contributed by atoms with Gasteiger partial charge in [-0.05, 0) is 72.5 Å². The van der Waals surface area contributed by atoms with Crippen LogP contribution >= 0.6 is 0 Å². The van der Waals surface area contributed by atoms with E-state index >= 15 is 0 Å². The van der Waals surface area contributed by atoms with Gasteiger partial charge in [0.1, 0.15) is 11.9 Å². The number of nitrogens with zero attached hydrogens (tertiary/aromatic N) is 3. The normalized spacial score (nSPS) is 21.2. The van der Waals surface area contributed by atoms with Gasteiger partial charge in [-0.2, -0.15) is 0 Å². The molecule has 3 amide bonds. The predicted octanol–water partition coefficient (Wildman–Crippen LogP) is 3.51. The molecule has 3 aromatic rings. The molecule has 0 saturated carbocycles. The number of carbonyl (C=O) groups excluding carboxylic acids is 3. The minimum Gasteiger partial charge on any atom is -0.322 e. The van der Waals surface area contributed by atoms with Gasteiger partial charge >= 0.3 is 0 Å². The molecule has 1 aromatic heterocycles. The van der Waals surface area contributed by atoms with Crippen molar-refractivity contribution in [2.45, 2.75) is 50.7 Å². The fourth-order valence-electron chi connectivity index (χ4n) is 5.97. The fourth-order valence-corrected chi connectivity index (χ4v) is 5.97. The Morgan fingerprint density at radius 1 is 1.03 bits per heavy atom. The molecule has 184 valence electrons. The number of amides is 3. The maximum absolute atomic E-state index is 14.6. The summed E-state index contributed by atoms with van der Waals surface area (Å²) in [4.78, 5) is 45.4. The summed E-state index contributed by atoms with van der Waals surface area (Å²) in [6.07, 6.45) is 6.03. The number of nitrogens with one attached hydrogen (secondary N) is 1. The minimum absolute atomic E-state index is 0.144. The Balaban J connectivity index is 1.19. The largest absolute Gasteiger partial charge is 0.322 e. The number of likely N-dealkylation sites (tertiary alicyclic amines) is 1. The number of rotatable bonds is 4. The number of aromatic nitrogens is 1. The molecule has 1 N–H and O–H groups in total. The number of hydrogen-bond donors (Lipinski definition) is 1. The van der Waals surface area contributed by atoms with E-state index in [4.69, 9.17) is 0 Å². The molecule has 7 nitrogen and oxygen atoms in total. The minimum atomic E-state index is -0.699. The number of piperidine rings is 2. The first-order chi connectivity index (χ1) is 17.5. The quantitative estimate of drug-likeness (QED) is 0.571. The molecule has 3 aliphatic rings. The number of halogens is 1. The van der Waals surface area contributed by atoms with Crippen molar-refractivity contribution in [1.29, 1.82) is 0 Å². The van der Waals surface area contributed by atoms with Crippen LogP contribution in [-0.4, -0.2) is 51.6 Å². The Hall–Kier alpha value is -3.65. The van der Waals surface area contributed by atoms with E-state index in [1.165, 1.54) is 21.9 Å². The van der Waals surface area contributed by atoms with Crippen molar-refractivity contribution in [1.82, 2.24) is 20.1 Å². The standard InChI is InChI=1S/C28H27FN4O3/c29-20-11-22(24-16-33(28(36)23(24)12-20)25-5-6-26(34)31-27(25)35)17-7-9-32(10-8-17)15-19-14-30-13-18-3-1-2-4-21(18)19/h1-4,11-14,17,25H,5-10,15-16H2,(H,31,34,35). The molecule has 0 aliphatic carbocycles. The fraction of sp³-hybridized carbons (Fsp3) is 0.357. The summed E-state index contributed by atoms with van der Waals surface area (Å²) in [7, 11) is 0. The highest BCUT2D eigenvalue weighted by molar-refractivity contribution is 6.05. The van der Waals surface area contributed by atoms with Crippen LogP contribution < -0.4 is 5.32 Å². The van der Waals surface area contributed by atoms with Crippen molar-refractivity contribution in [3.8, 4) is 0 Å². The van der Waals surface area contributed by atoms with Crippen LogP contribution in [0.5, 0.6) is 0 Å². The Morgan fingerprint density at radius 3 is 2.64 bits per heavy atom. The summed E-state index contributed by atoms with van der Waals surface area (Å²) in [6.45, 7) is 2.82. The van der Waals surface area contributed by atoms with Crippen LogP contribution in [0.1, 0.15) is 58.6 Å². The molecule has 0 spiro atoms. The molecule has 0 bridgehead atoms. The zero-order chi connectivity index (χ0) is 24.8. The summed E-state index contributed by atoms with van der Waals surface area (Å²) in [5, 5.41) is 4.67. The summed E-state index contributed by atoms with van der Waals surface area (Å²) < 4.78 is 14.6. The Labute approximate surface area is 208 Å². The van der Waals surface area contributed by atoms with Gasteiger partial charge in [0.05, 0.1) is 0 Å². The van der Waals surface area contributed by atoms with Crippen LogP contribution in [0.25, 0.3) is 10.8 Å². The Morgan fingerprint density at radius 2 is 1.83 bits per heavy atom. The third kappa shape index (κ3) is 4.05. The second-order valence-corrected chi connectivity index (χ2v) is 9.99. The van der Waals surface area contributed by atoms with Gasteiger partial charge in [-0.15, -0.1) is 0 Å². The maximum Gasteiger partial charge on any atom is 0.255 e. The van der Waals surface area contributed by atoms with Crippen LogP contribution in [0, 0.1) is 5.82 Å². The van der Waals surface area contributed by atoms with Crippen molar-refractivity contribution >= 4 is 28.5 Å². The van der Waals surface area contributed by atoms with Crippen molar-refractivity contribution in [2.75, 3.05) is 13.1 Å². The molecule has 6 rings (SSSR count). The van der Waals surface area contributed by atoms with Crippen molar-refractivity contribution < 1.29 is 18.8 Å². The van der Waals surface area contributed by atoms with E-state index in [1.54, 1.807) is 6.07 Å². The number of imide groups is 1. The zero-order valence-corrected chi connectivity index (χ0v) is 19.9. The molecule has 1 atom stereocenters. The second-order valence-electron chi connectivity index (χ2n) is 9.99. The highest BCUT2D eigenvalue weighted by Gasteiger charge is 2.41. The summed E-state index contributed by atoms with van der Waals surface area (Å²) in [5.74, 6) is -1.39. The van der Waals surface area contributed by atoms with Crippen molar-refractivity contribution in [2.24, 2.45) is 0 Å². The number of hydrogen-bond acceptors (Lipinski definition) is 5. The van der Waals surface area contributed by atoms with Gasteiger partial charge in [0, 0.05) is 42.9 Å². The lowest BCUT2D eigenvalue weighted by Gasteiger charge is -2.33. The molecule has 2 fully saturated rings. The van der Waals surface area contributed by atoms with E-state index < -0.39 is 17.8 Å². The van der Waals surface area contributed by atoms with Crippen LogP contribution in [0.4, 0.5) is 4.39 Å². The Kier molecular flexibility index (Phi) is 5.76. The van der Waals surface area contributed by atoms with Gasteiger partial charge in [0.25, 0.3) is 5.91 Å². The smallest absolute Gasteiger partial charge is 0.255 e. The average molecular weight is 487 g/mol. The summed E-state index contributed by atoms with van der Waals surface area (Å²) in [5.41, 5.74) is 3.24. The molecule has 4 heterocycles. The zero-order valence-electron chi connectivity index (χ0n) is 19.9. The Bertz CT molecular complexity index is 1380. The number of carbonyl (C=O) groups is 3. The predicted molar refractivity (Wildman–Crippen MR) is 131 cm³/mol. The molecular formula is C28H27FN4O3. The summed E-state index contributed by atoms with van der Waals surface area (Å²) in [6, 6.07) is 10.4. The summed E-state index contributed by atoms with van der Waals surface area (Å²) >= 11 is 0. The molecule has 2 aromatic carbocycles. The third-order valence-electron chi connectivity index (χ3n) is 7.83. The van der Waals surface area contributed by atoms with Crippen LogP contribution in [0.3, 0.4) is 0 Å². The van der Waals surface area contributed by atoms with Gasteiger partial charge in [0.2, 0.25) is 11.8 Å². The lowest BCUT2D eigenvalue weighted by atomic mass is 9.85. The van der Waals surface area contributed by atoms with E-state index in [1.807, 2.05) is 24.5 Å². The lowest BCUT2D eigenvalue weighted by Crippen LogP contribution is -2.52. The van der Waals surface area contributed by atoms with Crippen molar-refractivity contribution in [3.05, 3.63) is 76.9 Å². The van der Waals surface area contributed by atoms with E-state index in [0.717, 1.165) is 49.0 Å². The van der Waals surface area contributed by atoms with Crippen LogP contribution in [0.2, 0.25) is 0 Å². The van der Waals surface area contributed by atoms with E-state index in [0.29, 0.717) is 12.0 Å². The van der Waals surface area contributed by atoms with E-state index in [9.17, 15) is 18.8 Å². The van der Waals surface area contributed by atoms with Gasteiger partial charge in [-0.1, -0.05) is 24.3 Å². The monoisotopic (exact) mass is 486 g/mol. The number of benzene rings is 2.